The van der Waals surface area contributed by atoms with E-state index in [4.69, 9.17) is 0 Å². The predicted octanol–water partition coefficient (Wildman–Crippen LogP) is 4.69. The molecule has 1 aliphatic heterocycles. The molecule has 28 heavy (non-hydrogen) atoms. The maximum Gasteiger partial charge on any atom is 0.0590 e. The van der Waals surface area contributed by atoms with Crippen LogP contribution in [0.3, 0.4) is 0 Å². The lowest BCUT2D eigenvalue weighted by molar-refractivity contribution is 0.0562. The van der Waals surface area contributed by atoms with E-state index in [9.17, 15) is 0 Å². The van der Waals surface area contributed by atoms with Gasteiger partial charge in [0.25, 0.3) is 0 Å². The Hall–Kier alpha value is -1.91. The summed E-state index contributed by atoms with van der Waals surface area (Å²) in [5.74, 6) is 0. The molecule has 1 fully saturated rings. The van der Waals surface area contributed by atoms with E-state index in [0.717, 1.165) is 32.5 Å². The van der Waals surface area contributed by atoms with Crippen molar-refractivity contribution in [2.24, 2.45) is 0 Å². The van der Waals surface area contributed by atoms with Gasteiger partial charge in [-0.15, -0.1) is 6.58 Å². The van der Waals surface area contributed by atoms with Crippen LogP contribution in [0.1, 0.15) is 57.4 Å². The molecule has 4 nitrogen and oxygen atoms in total. The van der Waals surface area contributed by atoms with Crippen LogP contribution in [0.25, 0.3) is 0 Å². The first kappa shape index (κ1) is 20.8. The predicted molar refractivity (Wildman–Crippen MR) is 117 cm³/mol. The second-order valence-electron chi connectivity index (χ2n) is 9.57. The molecule has 0 saturated carbocycles. The summed E-state index contributed by atoms with van der Waals surface area (Å²) < 4.78 is 2.04. The van der Waals surface area contributed by atoms with Gasteiger partial charge >= 0.3 is 0 Å². The second kappa shape index (κ2) is 8.22. The summed E-state index contributed by atoms with van der Waals surface area (Å²) in [6, 6.07) is 11.4. The summed E-state index contributed by atoms with van der Waals surface area (Å²) in [5, 5.41) is 8.40. The quantitative estimate of drug-likeness (QED) is 0.708. The summed E-state index contributed by atoms with van der Waals surface area (Å²) in [4.78, 5) is 2.65. The first-order valence-corrected chi connectivity index (χ1v) is 10.4. The van der Waals surface area contributed by atoms with Crippen molar-refractivity contribution in [2.75, 3.05) is 0 Å². The molecule has 1 aromatic heterocycles. The van der Waals surface area contributed by atoms with Crippen molar-refractivity contribution < 1.29 is 0 Å². The van der Waals surface area contributed by atoms with Crippen LogP contribution in [0.2, 0.25) is 0 Å². The van der Waals surface area contributed by atoms with Gasteiger partial charge in [0.2, 0.25) is 0 Å². The van der Waals surface area contributed by atoms with Crippen molar-refractivity contribution in [3.8, 4) is 0 Å². The number of nitrogens with one attached hydrogen (secondary N) is 1. The van der Waals surface area contributed by atoms with Gasteiger partial charge in [0.1, 0.15) is 0 Å². The fourth-order valence-electron chi connectivity index (χ4n) is 4.82. The Morgan fingerprint density at radius 2 is 1.79 bits per heavy atom. The zero-order valence-electron chi connectivity index (χ0n) is 18.2. The lowest BCUT2D eigenvalue weighted by Gasteiger charge is -2.49. The Morgan fingerprint density at radius 3 is 2.39 bits per heavy atom. The number of allylic oxidation sites excluding steroid dienone is 1. The molecule has 0 unspecified atom stereocenters. The molecule has 0 bridgehead atoms. The standard InChI is InChI=1S/C24H36N4/c1-7-13-28-19(2)21(16-25-28)18-27(17-20-11-9-8-10-12-20)22-14-23(3,4)26-24(5,6)15-22/h7-12,16,22,26H,1,13-15,17-18H2,2-6H3. The van der Waals surface area contributed by atoms with Crippen LogP contribution in [-0.2, 0) is 19.6 Å². The number of hydrogen-bond acceptors (Lipinski definition) is 3. The van der Waals surface area contributed by atoms with Crippen LogP contribution < -0.4 is 5.32 Å². The average molecular weight is 381 g/mol. The molecule has 152 valence electrons. The number of aromatic nitrogens is 2. The molecule has 1 aromatic carbocycles. The van der Waals surface area contributed by atoms with E-state index in [0.29, 0.717) is 6.04 Å². The van der Waals surface area contributed by atoms with Crippen molar-refractivity contribution in [1.82, 2.24) is 20.0 Å². The third-order valence-electron chi connectivity index (χ3n) is 5.79. The summed E-state index contributed by atoms with van der Waals surface area (Å²) in [6.07, 6.45) is 6.23. The third-order valence-corrected chi connectivity index (χ3v) is 5.79. The first-order valence-electron chi connectivity index (χ1n) is 10.4. The molecular formula is C24H36N4. The van der Waals surface area contributed by atoms with Crippen molar-refractivity contribution in [1.29, 1.82) is 0 Å². The Bertz CT molecular complexity index is 772. The zero-order chi connectivity index (χ0) is 20.4. The van der Waals surface area contributed by atoms with Crippen LogP contribution in [-0.4, -0.2) is 31.8 Å². The summed E-state index contributed by atoms with van der Waals surface area (Å²) >= 11 is 0. The molecule has 0 spiro atoms. The largest absolute Gasteiger partial charge is 0.307 e. The number of benzene rings is 1. The Morgan fingerprint density at radius 1 is 1.14 bits per heavy atom. The minimum atomic E-state index is 0.128. The molecule has 1 saturated heterocycles. The summed E-state index contributed by atoms with van der Waals surface area (Å²) in [7, 11) is 0. The van der Waals surface area contributed by atoms with Crippen molar-refractivity contribution in [3.05, 3.63) is 66.0 Å². The van der Waals surface area contributed by atoms with Crippen molar-refractivity contribution >= 4 is 0 Å². The van der Waals surface area contributed by atoms with Crippen LogP contribution >= 0.6 is 0 Å². The number of piperidine rings is 1. The van der Waals surface area contributed by atoms with E-state index >= 15 is 0 Å². The van der Waals surface area contributed by atoms with E-state index in [1.807, 2.05) is 17.0 Å². The fourth-order valence-corrected chi connectivity index (χ4v) is 4.82. The molecule has 2 aromatic rings. The van der Waals surface area contributed by atoms with E-state index in [-0.39, 0.29) is 11.1 Å². The highest BCUT2D eigenvalue weighted by atomic mass is 15.3. The minimum Gasteiger partial charge on any atom is -0.307 e. The molecule has 0 aliphatic carbocycles. The van der Waals surface area contributed by atoms with Crippen molar-refractivity contribution in [3.63, 3.8) is 0 Å². The number of rotatable bonds is 7. The van der Waals surface area contributed by atoms with Crippen LogP contribution in [0.4, 0.5) is 0 Å². The van der Waals surface area contributed by atoms with Gasteiger partial charge in [0.15, 0.2) is 0 Å². The summed E-state index contributed by atoms with van der Waals surface area (Å²) in [5.41, 5.74) is 4.18. The second-order valence-corrected chi connectivity index (χ2v) is 9.57. The number of nitrogens with zero attached hydrogens (tertiary/aromatic N) is 3. The molecule has 0 radical (unpaired) electrons. The van der Waals surface area contributed by atoms with Gasteiger partial charge in [-0.2, -0.15) is 5.10 Å². The molecular weight excluding hydrogens is 344 g/mol. The van der Waals surface area contributed by atoms with Crippen LogP contribution in [0, 0.1) is 6.92 Å². The highest BCUT2D eigenvalue weighted by molar-refractivity contribution is 5.19. The Balaban J connectivity index is 1.88. The van der Waals surface area contributed by atoms with Gasteiger partial charge in [-0.1, -0.05) is 36.4 Å². The van der Waals surface area contributed by atoms with E-state index in [1.165, 1.54) is 16.8 Å². The van der Waals surface area contributed by atoms with E-state index < -0.39 is 0 Å². The van der Waals surface area contributed by atoms with Gasteiger partial charge in [-0.25, -0.2) is 0 Å². The zero-order valence-corrected chi connectivity index (χ0v) is 18.2. The monoisotopic (exact) mass is 380 g/mol. The summed E-state index contributed by atoms with van der Waals surface area (Å²) in [6.45, 7) is 18.0. The molecule has 2 heterocycles. The highest BCUT2D eigenvalue weighted by Crippen LogP contribution is 2.33. The maximum absolute atomic E-state index is 4.57. The molecule has 1 N–H and O–H groups in total. The normalized spacial score (nSPS) is 19.1. The maximum atomic E-state index is 4.57. The van der Waals surface area contributed by atoms with Gasteiger partial charge in [-0.3, -0.25) is 9.58 Å². The van der Waals surface area contributed by atoms with Gasteiger partial charge in [-0.05, 0) is 53.0 Å². The lowest BCUT2D eigenvalue weighted by Crippen LogP contribution is -2.62. The Kier molecular flexibility index (Phi) is 6.11. The fraction of sp³-hybridized carbons (Fsp3) is 0.542. The van der Waals surface area contributed by atoms with E-state index in [1.54, 1.807) is 0 Å². The highest BCUT2D eigenvalue weighted by Gasteiger charge is 2.40. The molecule has 1 aliphatic rings. The first-order chi connectivity index (χ1) is 13.2. The molecule has 0 amide bonds. The molecule has 4 heteroatoms. The minimum absolute atomic E-state index is 0.128. The Labute approximate surface area is 170 Å². The van der Waals surface area contributed by atoms with Crippen molar-refractivity contribution in [2.45, 2.75) is 84.2 Å². The van der Waals surface area contributed by atoms with Gasteiger partial charge in [0, 0.05) is 41.5 Å². The van der Waals surface area contributed by atoms with Gasteiger partial charge < -0.3 is 5.32 Å². The van der Waals surface area contributed by atoms with Crippen LogP contribution in [0.5, 0.6) is 0 Å². The number of hydrogen-bond donors (Lipinski definition) is 1. The van der Waals surface area contributed by atoms with E-state index in [2.05, 4.69) is 86.8 Å². The molecule has 0 atom stereocenters. The van der Waals surface area contributed by atoms with Gasteiger partial charge in [0.05, 0.1) is 12.7 Å². The topological polar surface area (TPSA) is 33.1 Å². The average Bonchev–Trinajstić information content (AvgIpc) is 2.93. The third kappa shape index (κ3) is 5.12. The molecule has 3 rings (SSSR count). The van der Waals surface area contributed by atoms with Crippen LogP contribution in [0.15, 0.2) is 49.2 Å². The SMILES string of the molecule is C=CCn1ncc(CN(Cc2ccccc2)C2CC(C)(C)NC(C)(C)C2)c1C. The smallest absolute Gasteiger partial charge is 0.0590 e. The lowest BCUT2D eigenvalue weighted by atomic mass is 9.79.